The summed E-state index contributed by atoms with van der Waals surface area (Å²) < 4.78 is 5.31. The van der Waals surface area contributed by atoms with E-state index in [0.29, 0.717) is 5.69 Å². The number of aromatic carboxylic acids is 1. The monoisotopic (exact) mass is 279 g/mol. The Morgan fingerprint density at radius 3 is 2.85 bits per heavy atom. The van der Waals surface area contributed by atoms with Crippen molar-refractivity contribution in [1.29, 1.82) is 0 Å². The summed E-state index contributed by atoms with van der Waals surface area (Å²) in [5.74, 6) is -1.01. The summed E-state index contributed by atoms with van der Waals surface area (Å²) in [5, 5.41) is 12.3. The summed E-state index contributed by atoms with van der Waals surface area (Å²) >= 11 is 0. The van der Waals surface area contributed by atoms with Crippen molar-refractivity contribution < 1.29 is 14.6 Å². The molecule has 2 rings (SSSR count). The lowest BCUT2D eigenvalue weighted by molar-refractivity contribution is 0.0368. The van der Waals surface area contributed by atoms with Crippen LogP contribution in [0.3, 0.4) is 0 Å². The highest BCUT2D eigenvalue weighted by Crippen LogP contribution is 2.23. The Balaban J connectivity index is 1.98. The van der Waals surface area contributed by atoms with Crippen molar-refractivity contribution in [1.82, 2.24) is 4.90 Å². The van der Waals surface area contributed by atoms with Crippen LogP contribution in [0, 0.1) is 0 Å². The van der Waals surface area contributed by atoms with Crippen LogP contribution in [-0.2, 0) is 4.74 Å². The van der Waals surface area contributed by atoms with E-state index in [4.69, 9.17) is 15.6 Å². The molecule has 20 heavy (non-hydrogen) atoms. The molecule has 1 atom stereocenters. The first-order valence-corrected chi connectivity index (χ1v) is 6.76. The second kappa shape index (κ2) is 6.58. The average molecular weight is 279 g/mol. The maximum atomic E-state index is 11.0. The third kappa shape index (κ3) is 3.61. The van der Waals surface area contributed by atoms with E-state index in [1.165, 1.54) is 6.07 Å². The Bertz CT molecular complexity index is 473. The highest BCUT2D eigenvalue weighted by atomic mass is 16.5. The van der Waals surface area contributed by atoms with E-state index in [9.17, 15) is 4.79 Å². The van der Waals surface area contributed by atoms with Crippen LogP contribution in [0.1, 0.15) is 17.3 Å². The molecule has 0 bridgehead atoms. The molecule has 4 N–H and O–H groups in total. The van der Waals surface area contributed by atoms with Gasteiger partial charge < -0.3 is 20.9 Å². The van der Waals surface area contributed by atoms with Gasteiger partial charge >= 0.3 is 5.97 Å². The fraction of sp³-hybridized carbons (Fsp3) is 0.500. The maximum Gasteiger partial charge on any atom is 0.337 e. The molecule has 1 saturated heterocycles. The summed E-state index contributed by atoms with van der Waals surface area (Å²) in [6.45, 7) is 6.32. The van der Waals surface area contributed by atoms with Gasteiger partial charge in [0.25, 0.3) is 0 Å². The van der Waals surface area contributed by atoms with Crippen molar-refractivity contribution in [3.63, 3.8) is 0 Å². The first-order valence-electron chi connectivity index (χ1n) is 6.76. The van der Waals surface area contributed by atoms with Crippen molar-refractivity contribution in [2.75, 3.05) is 43.9 Å². The number of nitrogen functional groups attached to an aromatic ring is 1. The summed E-state index contributed by atoms with van der Waals surface area (Å²) in [4.78, 5) is 13.4. The standard InChI is InChI=1S/C14H21N3O3/c1-10(9-17-5-7-20-8-6-17)16-12-4-2-3-11(13(12)15)14(18)19/h2-4,10,16H,5-9,15H2,1H3,(H,18,19). The van der Waals surface area contributed by atoms with E-state index >= 15 is 0 Å². The molecular formula is C14H21N3O3. The number of carboxylic acid groups (broad SMARTS) is 1. The largest absolute Gasteiger partial charge is 0.478 e. The third-order valence-electron chi connectivity index (χ3n) is 3.37. The molecule has 1 aliphatic rings. The van der Waals surface area contributed by atoms with Gasteiger partial charge in [-0.3, -0.25) is 4.90 Å². The van der Waals surface area contributed by atoms with E-state index in [1.807, 2.05) is 0 Å². The van der Waals surface area contributed by atoms with Gasteiger partial charge in [0.2, 0.25) is 0 Å². The van der Waals surface area contributed by atoms with Gasteiger partial charge in [-0.25, -0.2) is 4.79 Å². The quantitative estimate of drug-likeness (QED) is 0.700. The minimum atomic E-state index is -1.01. The minimum Gasteiger partial charge on any atom is -0.478 e. The van der Waals surface area contributed by atoms with Gasteiger partial charge in [0.1, 0.15) is 0 Å². The van der Waals surface area contributed by atoms with Crippen molar-refractivity contribution in [2.24, 2.45) is 0 Å². The first kappa shape index (κ1) is 14.6. The van der Waals surface area contributed by atoms with Gasteiger partial charge in [0.15, 0.2) is 0 Å². The van der Waals surface area contributed by atoms with E-state index in [2.05, 4.69) is 17.1 Å². The molecular weight excluding hydrogens is 258 g/mol. The summed E-state index contributed by atoms with van der Waals surface area (Å²) in [7, 11) is 0. The molecule has 1 heterocycles. The predicted octanol–water partition coefficient (Wildman–Crippen LogP) is 1.10. The summed E-state index contributed by atoms with van der Waals surface area (Å²) in [6, 6.07) is 5.19. The zero-order valence-corrected chi connectivity index (χ0v) is 11.6. The number of rotatable bonds is 5. The lowest BCUT2D eigenvalue weighted by Crippen LogP contribution is -2.42. The second-order valence-corrected chi connectivity index (χ2v) is 5.03. The molecule has 0 aromatic heterocycles. The Labute approximate surface area is 118 Å². The summed E-state index contributed by atoms with van der Waals surface area (Å²) in [5.41, 5.74) is 6.98. The number of carboxylic acids is 1. The van der Waals surface area contributed by atoms with Crippen LogP contribution in [0.4, 0.5) is 11.4 Å². The van der Waals surface area contributed by atoms with Gasteiger partial charge in [-0.05, 0) is 19.1 Å². The Morgan fingerprint density at radius 1 is 1.50 bits per heavy atom. The van der Waals surface area contributed by atoms with Crippen molar-refractivity contribution in [3.05, 3.63) is 23.8 Å². The van der Waals surface area contributed by atoms with Crippen LogP contribution >= 0.6 is 0 Å². The van der Waals surface area contributed by atoms with Gasteiger partial charge in [-0.1, -0.05) is 6.07 Å². The van der Waals surface area contributed by atoms with Crippen LogP contribution < -0.4 is 11.1 Å². The molecule has 0 spiro atoms. The van der Waals surface area contributed by atoms with Gasteiger partial charge in [-0.2, -0.15) is 0 Å². The highest BCUT2D eigenvalue weighted by Gasteiger charge is 2.16. The molecule has 0 radical (unpaired) electrons. The zero-order chi connectivity index (χ0) is 14.5. The number of para-hydroxylation sites is 1. The lowest BCUT2D eigenvalue weighted by Gasteiger charge is -2.30. The number of nitrogens with zero attached hydrogens (tertiary/aromatic N) is 1. The van der Waals surface area contributed by atoms with Crippen LogP contribution in [0.2, 0.25) is 0 Å². The molecule has 6 heteroatoms. The van der Waals surface area contributed by atoms with Crippen LogP contribution in [0.15, 0.2) is 18.2 Å². The van der Waals surface area contributed by atoms with E-state index in [1.54, 1.807) is 12.1 Å². The maximum absolute atomic E-state index is 11.0. The fourth-order valence-electron chi connectivity index (χ4n) is 2.36. The molecule has 0 aliphatic carbocycles. The van der Waals surface area contributed by atoms with Crippen LogP contribution in [0.25, 0.3) is 0 Å². The van der Waals surface area contributed by atoms with Gasteiger partial charge in [0, 0.05) is 25.7 Å². The van der Waals surface area contributed by atoms with E-state index < -0.39 is 5.97 Å². The lowest BCUT2D eigenvalue weighted by atomic mass is 10.1. The number of benzene rings is 1. The highest BCUT2D eigenvalue weighted by molar-refractivity contribution is 5.97. The van der Waals surface area contributed by atoms with Crippen molar-refractivity contribution in [3.8, 4) is 0 Å². The third-order valence-corrected chi connectivity index (χ3v) is 3.37. The number of hydrogen-bond donors (Lipinski definition) is 3. The number of morpholine rings is 1. The minimum absolute atomic E-state index is 0.133. The number of nitrogens with two attached hydrogens (primary N) is 1. The average Bonchev–Trinajstić information content (AvgIpc) is 2.42. The SMILES string of the molecule is CC(CN1CCOCC1)Nc1cccc(C(=O)O)c1N. The Morgan fingerprint density at radius 2 is 2.20 bits per heavy atom. The molecule has 6 nitrogen and oxygen atoms in total. The summed E-state index contributed by atoms with van der Waals surface area (Å²) in [6.07, 6.45) is 0. The molecule has 1 aromatic rings. The normalized spacial score (nSPS) is 17.6. The van der Waals surface area contributed by atoms with Crippen molar-refractivity contribution >= 4 is 17.3 Å². The Hall–Kier alpha value is -1.79. The number of ether oxygens (including phenoxy) is 1. The molecule has 1 aromatic carbocycles. The molecule has 1 aliphatic heterocycles. The van der Waals surface area contributed by atoms with Crippen molar-refractivity contribution in [2.45, 2.75) is 13.0 Å². The second-order valence-electron chi connectivity index (χ2n) is 5.03. The van der Waals surface area contributed by atoms with E-state index in [-0.39, 0.29) is 17.3 Å². The first-order chi connectivity index (χ1) is 9.58. The molecule has 0 saturated carbocycles. The molecule has 0 amide bonds. The smallest absolute Gasteiger partial charge is 0.337 e. The number of nitrogens with one attached hydrogen (secondary N) is 1. The van der Waals surface area contributed by atoms with Gasteiger partial charge in [0.05, 0.1) is 30.2 Å². The number of hydrogen-bond acceptors (Lipinski definition) is 5. The number of carbonyl (C=O) groups is 1. The fourth-order valence-corrected chi connectivity index (χ4v) is 2.36. The van der Waals surface area contributed by atoms with Gasteiger partial charge in [-0.15, -0.1) is 0 Å². The van der Waals surface area contributed by atoms with E-state index in [0.717, 1.165) is 32.8 Å². The molecule has 1 fully saturated rings. The molecule has 110 valence electrons. The zero-order valence-electron chi connectivity index (χ0n) is 11.6. The molecule has 1 unspecified atom stereocenters. The number of anilines is 2. The van der Waals surface area contributed by atoms with Crippen LogP contribution in [-0.4, -0.2) is 54.9 Å². The topological polar surface area (TPSA) is 87.8 Å². The van der Waals surface area contributed by atoms with Crippen LogP contribution in [0.5, 0.6) is 0 Å². The Kier molecular flexibility index (Phi) is 4.81. The predicted molar refractivity (Wildman–Crippen MR) is 78.2 cm³/mol.